The Bertz CT molecular complexity index is 777. The van der Waals surface area contributed by atoms with E-state index in [2.05, 4.69) is 4.98 Å². The van der Waals surface area contributed by atoms with Crippen molar-refractivity contribution in [2.45, 2.75) is 18.4 Å². The zero-order valence-electron chi connectivity index (χ0n) is 11.3. The number of benzene rings is 1. The number of aryl methyl sites for hydroxylation is 1. The van der Waals surface area contributed by atoms with E-state index < -0.39 is 20.7 Å². The maximum atomic E-state index is 14.0. The van der Waals surface area contributed by atoms with Gasteiger partial charge in [-0.3, -0.25) is 0 Å². The highest BCUT2D eigenvalue weighted by Crippen LogP contribution is 2.28. The molecule has 1 heterocycles. The molecule has 114 valence electrons. The number of thiazole rings is 1. The van der Waals surface area contributed by atoms with Gasteiger partial charge in [0.1, 0.15) is 4.90 Å². The molecule has 0 saturated heterocycles. The van der Waals surface area contributed by atoms with Crippen molar-refractivity contribution in [1.82, 2.24) is 9.29 Å². The van der Waals surface area contributed by atoms with Crippen LogP contribution >= 0.6 is 22.9 Å². The summed E-state index contributed by atoms with van der Waals surface area (Å²) in [6, 6.07) is 2.23. The molecule has 1 aromatic carbocycles. The highest BCUT2D eigenvalue weighted by atomic mass is 35.5. The van der Waals surface area contributed by atoms with Crippen molar-refractivity contribution in [1.29, 1.82) is 0 Å². The third kappa shape index (κ3) is 3.34. The SMILES string of the molecule is Cc1ncc(CN(C)S(=O)(=O)c2cc(N)cc(Cl)c2F)s1. The van der Waals surface area contributed by atoms with E-state index in [4.69, 9.17) is 17.3 Å². The van der Waals surface area contributed by atoms with E-state index >= 15 is 0 Å². The van der Waals surface area contributed by atoms with Crippen molar-refractivity contribution in [2.24, 2.45) is 0 Å². The molecule has 0 aliphatic rings. The number of anilines is 1. The molecule has 0 aliphatic carbocycles. The minimum absolute atomic E-state index is 0.0852. The van der Waals surface area contributed by atoms with Gasteiger partial charge in [-0.15, -0.1) is 11.3 Å². The Morgan fingerprint density at radius 3 is 2.71 bits per heavy atom. The van der Waals surface area contributed by atoms with Gasteiger partial charge in [-0.2, -0.15) is 4.31 Å². The number of halogens is 2. The lowest BCUT2D eigenvalue weighted by Gasteiger charge is -2.17. The van der Waals surface area contributed by atoms with Crippen LogP contribution in [0.2, 0.25) is 5.02 Å². The Labute approximate surface area is 131 Å². The molecule has 0 radical (unpaired) electrons. The van der Waals surface area contributed by atoms with E-state index in [0.29, 0.717) is 0 Å². The molecule has 9 heteroatoms. The monoisotopic (exact) mass is 349 g/mol. The number of hydrogen-bond donors (Lipinski definition) is 1. The van der Waals surface area contributed by atoms with E-state index in [0.717, 1.165) is 20.3 Å². The van der Waals surface area contributed by atoms with Gasteiger partial charge in [-0.25, -0.2) is 17.8 Å². The van der Waals surface area contributed by atoms with Crippen LogP contribution in [0, 0.1) is 12.7 Å². The van der Waals surface area contributed by atoms with Crippen molar-refractivity contribution in [3.05, 3.63) is 39.1 Å². The molecule has 0 spiro atoms. The summed E-state index contributed by atoms with van der Waals surface area (Å²) in [6.07, 6.45) is 1.59. The maximum Gasteiger partial charge on any atom is 0.246 e. The molecule has 21 heavy (non-hydrogen) atoms. The van der Waals surface area contributed by atoms with Crippen LogP contribution in [0.25, 0.3) is 0 Å². The first-order chi connectivity index (χ1) is 9.71. The van der Waals surface area contributed by atoms with Crippen LogP contribution in [0.1, 0.15) is 9.88 Å². The fourth-order valence-corrected chi connectivity index (χ4v) is 4.20. The van der Waals surface area contributed by atoms with Crippen molar-refractivity contribution in [3.63, 3.8) is 0 Å². The van der Waals surface area contributed by atoms with Crippen LogP contribution in [0.5, 0.6) is 0 Å². The fraction of sp³-hybridized carbons (Fsp3) is 0.250. The summed E-state index contributed by atoms with van der Waals surface area (Å²) < 4.78 is 39.9. The molecule has 5 nitrogen and oxygen atoms in total. The summed E-state index contributed by atoms with van der Waals surface area (Å²) in [6.45, 7) is 1.92. The Hall–Kier alpha value is -1.22. The zero-order valence-corrected chi connectivity index (χ0v) is 13.7. The van der Waals surface area contributed by atoms with Gasteiger partial charge in [0, 0.05) is 30.4 Å². The van der Waals surface area contributed by atoms with Crippen molar-refractivity contribution in [2.75, 3.05) is 12.8 Å². The van der Waals surface area contributed by atoms with Crippen LogP contribution in [0.4, 0.5) is 10.1 Å². The third-order valence-electron chi connectivity index (χ3n) is 2.75. The molecule has 0 saturated carbocycles. The smallest absolute Gasteiger partial charge is 0.246 e. The summed E-state index contributed by atoms with van der Waals surface area (Å²) in [7, 11) is -2.67. The Morgan fingerprint density at radius 2 is 2.14 bits per heavy atom. The molecule has 0 atom stereocenters. The van der Waals surface area contributed by atoms with Crippen LogP contribution in [-0.2, 0) is 16.6 Å². The zero-order chi connectivity index (χ0) is 15.8. The first kappa shape index (κ1) is 16.2. The van der Waals surface area contributed by atoms with Crippen LogP contribution in [0.15, 0.2) is 23.2 Å². The number of hydrogen-bond acceptors (Lipinski definition) is 5. The average Bonchev–Trinajstić information content (AvgIpc) is 2.79. The second-order valence-corrected chi connectivity index (χ2v) is 8.16. The van der Waals surface area contributed by atoms with Crippen LogP contribution in [0.3, 0.4) is 0 Å². The summed E-state index contributed by atoms with van der Waals surface area (Å²) in [5.41, 5.74) is 5.62. The first-order valence-corrected chi connectivity index (χ1v) is 8.47. The number of nitrogen functional groups attached to an aromatic ring is 1. The molecule has 2 N–H and O–H groups in total. The van der Waals surface area contributed by atoms with Gasteiger partial charge in [0.25, 0.3) is 0 Å². The van der Waals surface area contributed by atoms with Crippen molar-refractivity contribution >= 4 is 38.6 Å². The quantitative estimate of drug-likeness (QED) is 0.861. The van der Waals surface area contributed by atoms with Gasteiger partial charge in [-0.05, 0) is 19.1 Å². The van der Waals surface area contributed by atoms with E-state index in [1.165, 1.54) is 24.5 Å². The van der Waals surface area contributed by atoms with Crippen LogP contribution < -0.4 is 5.73 Å². The molecular weight excluding hydrogens is 337 g/mol. The summed E-state index contributed by atoms with van der Waals surface area (Å²) in [5.74, 6) is -1.00. The Kier molecular flexibility index (Phi) is 4.52. The minimum atomic E-state index is -4.03. The summed E-state index contributed by atoms with van der Waals surface area (Å²) >= 11 is 7.02. The van der Waals surface area contributed by atoms with E-state index in [9.17, 15) is 12.8 Å². The van der Waals surface area contributed by atoms with Gasteiger partial charge in [0.2, 0.25) is 10.0 Å². The number of aromatic nitrogens is 1. The third-order valence-corrected chi connectivity index (χ3v) is 5.73. The van der Waals surface area contributed by atoms with Gasteiger partial charge in [-0.1, -0.05) is 11.6 Å². The molecule has 2 rings (SSSR count). The van der Waals surface area contributed by atoms with Crippen molar-refractivity contribution in [3.8, 4) is 0 Å². The largest absolute Gasteiger partial charge is 0.399 e. The number of nitrogens with two attached hydrogens (primary N) is 1. The van der Waals surface area contributed by atoms with Gasteiger partial charge < -0.3 is 5.73 Å². The van der Waals surface area contributed by atoms with E-state index in [1.807, 2.05) is 6.92 Å². The summed E-state index contributed by atoms with van der Waals surface area (Å²) in [4.78, 5) is 4.28. The first-order valence-electron chi connectivity index (χ1n) is 5.84. The molecule has 1 aromatic heterocycles. The lowest BCUT2D eigenvalue weighted by Crippen LogP contribution is -2.27. The molecule has 0 aliphatic heterocycles. The highest BCUT2D eigenvalue weighted by Gasteiger charge is 2.27. The Balaban J connectivity index is 2.37. The molecule has 0 fully saturated rings. The van der Waals surface area contributed by atoms with Gasteiger partial charge in [0.05, 0.1) is 10.0 Å². The number of rotatable bonds is 4. The average molecular weight is 350 g/mol. The van der Waals surface area contributed by atoms with Crippen molar-refractivity contribution < 1.29 is 12.8 Å². The molecular formula is C12H13ClFN3O2S2. The van der Waals surface area contributed by atoms with E-state index in [-0.39, 0.29) is 17.3 Å². The van der Waals surface area contributed by atoms with Gasteiger partial charge >= 0.3 is 0 Å². The number of nitrogens with zero attached hydrogens (tertiary/aromatic N) is 2. The molecule has 0 amide bonds. The fourth-order valence-electron chi connectivity index (χ4n) is 1.72. The second-order valence-electron chi connectivity index (χ2n) is 4.42. The lowest BCUT2D eigenvalue weighted by molar-refractivity contribution is 0.462. The molecule has 2 aromatic rings. The molecule has 0 unspecified atom stereocenters. The number of sulfonamides is 1. The predicted octanol–water partition coefficient (Wildman–Crippen LogP) is 2.65. The van der Waals surface area contributed by atoms with Crippen LogP contribution in [-0.4, -0.2) is 24.8 Å². The van der Waals surface area contributed by atoms with Gasteiger partial charge in [0.15, 0.2) is 5.82 Å². The predicted molar refractivity (Wildman–Crippen MR) is 81.3 cm³/mol. The second kappa shape index (κ2) is 5.88. The minimum Gasteiger partial charge on any atom is -0.399 e. The van der Waals surface area contributed by atoms with E-state index in [1.54, 1.807) is 6.20 Å². The standard InChI is InChI=1S/C12H13ClFN3O2S2/c1-7-16-5-9(20-7)6-17(2)21(18,19)11-4-8(15)3-10(13)12(11)14/h3-5H,6,15H2,1-2H3. The highest BCUT2D eigenvalue weighted by molar-refractivity contribution is 7.89. The normalized spacial score (nSPS) is 12.0. The molecule has 0 bridgehead atoms. The lowest BCUT2D eigenvalue weighted by atomic mass is 10.3. The topological polar surface area (TPSA) is 76.3 Å². The Morgan fingerprint density at radius 1 is 1.48 bits per heavy atom. The maximum absolute atomic E-state index is 14.0. The summed E-state index contributed by atoms with van der Waals surface area (Å²) in [5, 5.41) is 0.504.